The van der Waals surface area contributed by atoms with Crippen LogP contribution in [-0.4, -0.2) is 27.3 Å². The van der Waals surface area contributed by atoms with E-state index >= 15 is 0 Å². The van der Waals surface area contributed by atoms with Crippen molar-refractivity contribution in [1.82, 2.24) is 9.69 Å². The van der Waals surface area contributed by atoms with Gasteiger partial charge in [0.05, 0.1) is 0 Å². The third-order valence-electron chi connectivity index (χ3n) is 6.06. The summed E-state index contributed by atoms with van der Waals surface area (Å²) in [6, 6.07) is 11.1. The standard InChI is InChI=1S/C25H25Cl2N3O3S/c1-14-7-8-15(2)19(13-14)30(25(33)21-20(26)23(27)34-29-21)22(16-9-11-18(31)12-10-16)24(32)28-17-5-3-4-6-17/h7-13,17,22,31H,3-6H2,1-2H3,(H,28,32)/t22-/m0/s1. The lowest BCUT2D eigenvalue weighted by molar-refractivity contribution is -0.123. The zero-order valence-corrected chi connectivity index (χ0v) is 21.2. The number of benzene rings is 2. The first-order valence-corrected chi connectivity index (χ1v) is 12.6. The van der Waals surface area contributed by atoms with Crippen LogP contribution in [0.5, 0.6) is 5.75 Å². The molecule has 1 aromatic heterocycles. The molecule has 0 radical (unpaired) electrons. The van der Waals surface area contributed by atoms with Gasteiger partial charge in [0.2, 0.25) is 5.91 Å². The van der Waals surface area contributed by atoms with Gasteiger partial charge in [0.25, 0.3) is 5.91 Å². The van der Waals surface area contributed by atoms with E-state index < -0.39 is 11.9 Å². The second-order valence-corrected chi connectivity index (χ2v) is 10.3. The number of nitrogens with one attached hydrogen (secondary N) is 1. The van der Waals surface area contributed by atoms with Gasteiger partial charge in [-0.05, 0) is 73.1 Å². The second kappa shape index (κ2) is 10.3. The van der Waals surface area contributed by atoms with Gasteiger partial charge in [-0.25, -0.2) is 0 Å². The topological polar surface area (TPSA) is 82.5 Å². The quantitative estimate of drug-likeness (QED) is 0.406. The fraction of sp³-hybridized carbons (Fsp3) is 0.320. The molecule has 178 valence electrons. The van der Waals surface area contributed by atoms with Crippen molar-refractivity contribution in [2.24, 2.45) is 0 Å². The van der Waals surface area contributed by atoms with Gasteiger partial charge in [-0.3, -0.25) is 14.5 Å². The molecule has 1 saturated carbocycles. The maximum atomic E-state index is 14.0. The zero-order valence-electron chi connectivity index (χ0n) is 18.8. The minimum atomic E-state index is -1.01. The van der Waals surface area contributed by atoms with Crippen molar-refractivity contribution < 1.29 is 14.7 Å². The molecule has 0 bridgehead atoms. The molecule has 0 saturated heterocycles. The molecule has 2 aromatic carbocycles. The molecule has 1 aliphatic carbocycles. The van der Waals surface area contributed by atoms with E-state index in [1.54, 1.807) is 12.1 Å². The number of hydrogen-bond donors (Lipinski definition) is 2. The molecule has 9 heteroatoms. The highest BCUT2D eigenvalue weighted by Gasteiger charge is 2.37. The van der Waals surface area contributed by atoms with Crippen LogP contribution < -0.4 is 10.2 Å². The van der Waals surface area contributed by atoms with Crippen molar-refractivity contribution in [3.63, 3.8) is 0 Å². The maximum Gasteiger partial charge on any atom is 0.280 e. The van der Waals surface area contributed by atoms with E-state index in [-0.39, 0.29) is 32.8 Å². The Kier molecular flexibility index (Phi) is 7.45. The van der Waals surface area contributed by atoms with Crippen molar-refractivity contribution in [1.29, 1.82) is 0 Å². The number of amides is 2. The number of aromatic nitrogens is 1. The Morgan fingerprint density at radius 1 is 1.12 bits per heavy atom. The normalized spacial score (nSPS) is 14.7. The van der Waals surface area contributed by atoms with E-state index in [0.29, 0.717) is 11.3 Å². The summed E-state index contributed by atoms with van der Waals surface area (Å²) in [6.07, 6.45) is 3.92. The predicted octanol–water partition coefficient (Wildman–Crippen LogP) is 6.22. The van der Waals surface area contributed by atoms with Gasteiger partial charge in [0.15, 0.2) is 5.69 Å². The Labute approximate surface area is 212 Å². The number of hydrogen-bond acceptors (Lipinski definition) is 5. The number of rotatable bonds is 6. The third kappa shape index (κ3) is 5.06. The lowest BCUT2D eigenvalue weighted by Gasteiger charge is -2.33. The Bertz CT molecular complexity index is 1210. The number of anilines is 1. The molecule has 34 heavy (non-hydrogen) atoms. The fourth-order valence-corrected chi connectivity index (χ4v) is 5.26. The summed E-state index contributed by atoms with van der Waals surface area (Å²) in [4.78, 5) is 29.2. The summed E-state index contributed by atoms with van der Waals surface area (Å²) >= 11 is 13.4. The average Bonchev–Trinajstić information content (AvgIpc) is 3.44. The molecular formula is C25H25Cl2N3O3S. The van der Waals surface area contributed by atoms with Crippen molar-refractivity contribution in [2.75, 3.05) is 4.90 Å². The van der Waals surface area contributed by atoms with E-state index in [1.807, 2.05) is 32.0 Å². The summed E-state index contributed by atoms with van der Waals surface area (Å²) < 4.78 is 4.39. The molecule has 1 heterocycles. The molecule has 1 atom stereocenters. The Morgan fingerprint density at radius 2 is 1.79 bits per heavy atom. The highest BCUT2D eigenvalue weighted by molar-refractivity contribution is 7.11. The summed E-state index contributed by atoms with van der Waals surface area (Å²) in [5.41, 5.74) is 2.87. The lowest BCUT2D eigenvalue weighted by atomic mass is 10.00. The first-order chi connectivity index (χ1) is 16.3. The molecular weight excluding hydrogens is 493 g/mol. The predicted molar refractivity (Wildman–Crippen MR) is 136 cm³/mol. The van der Waals surface area contributed by atoms with Crippen molar-refractivity contribution in [3.8, 4) is 5.75 Å². The number of aryl methyl sites for hydroxylation is 2. The van der Waals surface area contributed by atoms with Crippen LogP contribution in [0.3, 0.4) is 0 Å². The second-order valence-electron chi connectivity index (χ2n) is 8.57. The van der Waals surface area contributed by atoms with Crippen LogP contribution in [0.1, 0.15) is 58.9 Å². The van der Waals surface area contributed by atoms with Crippen LogP contribution in [0, 0.1) is 13.8 Å². The van der Waals surface area contributed by atoms with Gasteiger partial charge >= 0.3 is 0 Å². The zero-order chi connectivity index (χ0) is 24.4. The van der Waals surface area contributed by atoms with E-state index in [9.17, 15) is 14.7 Å². The first-order valence-electron chi connectivity index (χ1n) is 11.1. The number of phenolic OH excluding ortho intramolecular Hbond substituents is 1. The van der Waals surface area contributed by atoms with Crippen LogP contribution in [0.4, 0.5) is 5.69 Å². The third-order valence-corrected chi connectivity index (χ3v) is 7.67. The van der Waals surface area contributed by atoms with E-state index in [0.717, 1.165) is 48.3 Å². The van der Waals surface area contributed by atoms with Crippen LogP contribution >= 0.6 is 34.7 Å². The van der Waals surface area contributed by atoms with Crippen LogP contribution in [0.15, 0.2) is 42.5 Å². The largest absolute Gasteiger partial charge is 0.508 e. The Morgan fingerprint density at radius 3 is 2.41 bits per heavy atom. The molecule has 2 N–H and O–H groups in total. The molecule has 4 rings (SSSR count). The van der Waals surface area contributed by atoms with Gasteiger partial charge in [0.1, 0.15) is 21.2 Å². The summed E-state index contributed by atoms with van der Waals surface area (Å²) in [5, 5.41) is 13.0. The molecule has 0 spiro atoms. The molecule has 0 unspecified atom stereocenters. The molecule has 3 aromatic rings. The van der Waals surface area contributed by atoms with Crippen LogP contribution in [0.25, 0.3) is 0 Å². The number of carbonyl (C=O) groups is 2. The van der Waals surface area contributed by atoms with Gasteiger partial charge in [0, 0.05) is 11.7 Å². The highest BCUT2D eigenvalue weighted by atomic mass is 35.5. The minimum absolute atomic E-state index is 0.00461. The number of phenols is 1. The lowest BCUT2D eigenvalue weighted by Crippen LogP contribution is -2.46. The minimum Gasteiger partial charge on any atom is -0.508 e. The number of aromatic hydroxyl groups is 1. The highest BCUT2D eigenvalue weighted by Crippen LogP contribution is 2.37. The SMILES string of the molecule is Cc1ccc(C)c(N(C(=O)c2nsc(Cl)c2Cl)[C@H](C(=O)NC2CCCC2)c2ccc(O)cc2)c1. The summed E-state index contributed by atoms with van der Waals surface area (Å²) in [6.45, 7) is 3.81. The monoisotopic (exact) mass is 517 g/mol. The molecule has 0 aliphatic heterocycles. The maximum absolute atomic E-state index is 14.0. The van der Waals surface area contributed by atoms with Crippen molar-refractivity contribution >= 4 is 52.2 Å². The van der Waals surface area contributed by atoms with Crippen LogP contribution in [-0.2, 0) is 4.79 Å². The fourth-order valence-electron chi connectivity index (χ4n) is 4.28. The van der Waals surface area contributed by atoms with Gasteiger partial charge in [-0.15, -0.1) is 0 Å². The Balaban J connectivity index is 1.88. The van der Waals surface area contributed by atoms with Crippen molar-refractivity contribution in [3.05, 3.63) is 74.2 Å². The van der Waals surface area contributed by atoms with Crippen molar-refractivity contribution in [2.45, 2.75) is 51.6 Å². The summed E-state index contributed by atoms with van der Waals surface area (Å²) in [5.74, 6) is -0.761. The number of nitrogens with zero attached hydrogens (tertiary/aromatic N) is 2. The van der Waals surface area contributed by atoms with Crippen LogP contribution in [0.2, 0.25) is 9.36 Å². The van der Waals surface area contributed by atoms with Gasteiger partial charge in [-0.1, -0.05) is 60.3 Å². The molecule has 2 amide bonds. The van der Waals surface area contributed by atoms with E-state index in [2.05, 4.69) is 9.69 Å². The van der Waals surface area contributed by atoms with E-state index in [4.69, 9.17) is 23.2 Å². The smallest absolute Gasteiger partial charge is 0.280 e. The Hall–Kier alpha value is -2.61. The average molecular weight is 518 g/mol. The number of carbonyl (C=O) groups excluding carboxylic acids is 2. The molecule has 1 aliphatic rings. The summed E-state index contributed by atoms with van der Waals surface area (Å²) in [7, 11) is 0. The van der Waals surface area contributed by atoms with Gasteiger partial charge < -0.3 is 10.4 Å². The number of halogens is 2. The molecule has 6 nitrogen and oxygen atoms in total. The van der Waals surface area contributed by atoms with Gasteiger partial charge in [-0.2, -0.15) is 4.37 Å². The first kappa shape index (κ1) is 24.5. The van der Waals surface area contributed by atoms with E-state index in [1.165, 1.54) is 17.0 Å². The molecule has 1 fully saturated rings.